The van der Waals surface area contributed by atoms with Crippen molar-refractivity contribution in [1.29, 1.82) is 0 Å². The van der Waals surface area contributed by atoms with E-state index in [0.717, 1.165) is 17.2 Å². The second-order valence-corrected chi connectivity index (χ2v) is 9.64. The molecule has 1 aliphatic rings. The van der Waals surface area contributed by atoms with Crippen LogP contribution in [0.3, 0.4) is 0 Å². The Morgan fingerprint density at radius 3 is 2.68 bits per heavy atom. The molecule has 1 aliphatic carbocycles. The second kappa shape index (κ2) is 9.73. The average Bonchev–Trinajstić information content (AvgIpc) is 3.27. The van der Waals surface area contributed by atoms with Crippen molar-refractivity contribution in [3.63, 3.8) is 0 Å². The first-order valence-corrected chi connectivity index (χ1v) is 11.9. The van der Waals surface area contributed by atoms with Gasteiger partial charge in [0.1, 0.15) is 5.75 Å². The normalized spacial score (nSPS) is 21.0. The Kier molecular flexibility index (Phi) is 6.81. The molecule has 2 aromatic carbocycles. The van der Waals surface area contributed by atoms with Crippen LogP contribution in [0.15, 0.2) is 48.7 Å². The summed E-state index contributed by atoms with van der Waals surface area (Å²) in [5.41, 5.74) is 5.04. The lowest BCUT2D eigenvalue weighted by atomic mass is 9.72. The number of rotatable bonds is 7. The summed E-state index contributed by atoms with van der Waals surface area (Å²) in [5.74, 6) is 3.01. The number of nitrogens with one attached hydrogen (secondary N) is 1. The number of methoxy groups -OCH3 is 2. The van der Waals surface area contributed by atoms with Crippen LogP contribution >= 0.6 is 11.3 Å². The van der Waals surface area contributed by atoms with E-state index in [2.05, 4.69) is 66.6 Å². The van der Waals surface area contributed by atoms with E-state index in [1.807, 2.05) is 6.20 Å². The number of hydrogen-bond acceptors (Lipinski definition) is 5. The van der Waals surface area contributed by atoms with Crippen LogP contribution in [0.2, 0.25) is 0 Å². The highest BCUT2D eigenvalue weighted by atomic mass is 32.1. The van der Waals surface area contributed by atoms with Gasteiger partial charge in [0.25, 0.3) is 5.19 Å². The van der Waals surface area contributed by atoms with Crippen LogP contribution in [-0.2, 0) is 0 Å². The fraction of sp³-hybridized carbons (Fsp3) is 0.423. The molecule has 0 amide bonds. The molecule has 31 heavy (non-hydrogen) atoms. The van der Waals surface area contributed by atoms with E-state index in [-0.39, 0.29) is 0 Å². The van der Waals surface area contributed by atoms with Gasteiger partial charge < -0.3 is 14.8 Å². The zero-order valence-electron chi connectivity index (χ0n) is 18.9. The van der Waals surface area contributed by atoms with Crippen molar-refractivity contribution in [3.05, 3.63) is 59.8 Å². The maximum Gasteiger partial charge on any atom is 0.273 e. The Balaban J connectivity index is 1.35. The SMILES string of the molecule is COc1ncc(-c2cccc(NCC3CCC(c4ccc(OC)c(C)c4)C(C)C3)c2)s1. The van der Waals surface area contributed by atoms with Crippen LogP contribution in [0.4, 0.5) is 5.69 Å². The van der Waals surface area contributed by atoms with Crippen LogP contribution in [0, 0.1) is 18.8 Å². The first kappa shape index (κ1) is 21.7. The van der Waals surface area contributed by atoms with Crippen molar-refractivity contribution >= 4 is 17.0 Å². The molecule has 3 unspecified atom stereocenters. The maximum atomic E-state index is 5.43. The maximum absolute atomic E-state index is 5.43. The van der Waals surface area contributed by atoms with E-state index in [1.54, 1.807) is 25.6 Å². The standard InChI is InChI=1S/C26H32N2O2S/c1-17-12-19(8-10-23(17)20-9-11-24(29-3)18(2)13-20)15-27-22-7-5-6-21(14-22)25-16-28-26(30-4)31-25/h5-7,9,11,13-14,16-17,19,23,27H,8,10,12,15H2,1-4H3. The summed E-state index contributed by atoms with van der Waals surface area (Å²) >= 11 is 1.57. The number of nitrogens with zero attached hydrogens (tertiary/aromatic N) is 1. The molecule has 0 radical (unpaired) electrons. The fourth-order valence-electron chi connectivity index (χ4n) is 4.85. The van der Waals surface area contributed by atoms with Gasteiger partial charge in [-0.25, -0.2) is 4.98 Å². The van der Waals surface area contributed by atoms with Crippen molar-refractivity contribution in [2.45, 2.75) is 39.0 Å². The molecule has 3 atom stereocenters. The van der Waals surface area contributed by atoms with Crippen molar-refractivity contribution in [2.24, 2.45) is 11.8 Å². The van der Waals surface area contributed by atoms with E-state index in [0.29, 0.717) is 22.9 Å². The molecule has 0 aliphatic heterocycles. The predicted octanol–water partition coefficient (Wildman–Crippen LogP) is 6.77. The molecule has 5 heteroatoms. The van der Waals surface area contributed by atoms with Gasteiger partial charge in [0.15, 0.2) is 0 Å². The van der Waals surface area contributed by atoms with E-state index in [1.165, 1.54) is 41.6 Å². The van der Waals surface area contributed by atoms with Gasteiger partial charge >= 0.3 is 0 Å². The highest BCUT2D eigenvalue weighted by molar-refractivity contribution is 7.16. The van der Waals surface area contributed by atoms with Crippen LogP contribution in [0.5, 0.6) is 10.9 Å². The van der Waals surface area contributed by atoms with Gasteiger partial charge in [-0.1, -0.05) is 42.5 Å². The molecule has 1 heterocycles. The zero-order valence-corrected chi connectivity index (χ0v) is 19.7. The topological polar surface area (TPSA) is 43.4 Å². The lowest BCUT2D eigenvalue weighted by Gasteiger charge is -2.35. The van der Waals surface area contributed by atoms with Crippen molar-refractivity contribution in [3.8, 4) is 21.4 Å². The second-order valence-electron chi connectivity index (χ2n) is 8.65. The minimum absolute atomic E-state index is 0.644. The number of ether oxygens (including phenoxy) is 2. The summed E-state index contributed by atoms with van der Waals surface area (Å²) in [6.45, 7) is 5.57. The van der Waals surface area contributed by atoms with Gasteiger partial charge in [0.2, 0.25) is 0 Å². The first-order valence-electron chi connectivity index (χ1n) is 11.1. The molecule has 164 valence electrons. The zero-order chi connectivity index (χ0) is 21.8. The third-order valence-electron chi connectivity index (χ3n) is 6.53. The number of anilines is 1. The fourth-order valence-corrected chi connectivity index (χ4v) is 5.58. The number of benzene rings is 2. The van der Waals surface area contributed by atoms with E-state index in [4.69, 9.17) is 9.47 Å². The van der Waals surface area contributed by atoms with Gasteiger partial charge in [0, 0.05) is 18.4 Å². The Morgan fingerprint density at radius 1 is 1.10 bits per heavy atom. The van der Waals surface area contributed by atoms with E-state index >= 15 is 0 Å². The molecule has 0 saturated heterocycles. The molecule has 1 saturated carbocycles. The summed E-state index contributed by atoms with van der Waals surface area (Å²) in [4.78, 5) is 5.41. The molecular weight excluding hydrogens is 404 g/mol. The summed E-state index contributed by atoms with van der Waals surface area (Å²) in [5, 5.41) is 4.38. The average molecular weight is 437 g/mol. The number of thiazole rings is 1. The Bertz CT molecular complexity index is 1020. The quantitative estimate of drug-likeness (QED) is 0.444. The number of aryl methyl sites for hydroxylation is 1. The Morgan fingerprint density at radius 2 is 1.97 bits per heavy atom. The van der Waals surface area contributed by atoms with Gasteiger partial charge in [-0.3, -0.25) is 0 Å². The molecule has 4 rings (SSSR count). The predicted molar refractivity (Wildman–Crippen MR) is 130 cm³/mol. The van der Waals surface area contributed by atoms with Gasteiger partial charge in [-0.2, -0.15) is 0 Å². The number of aromatic nitrogens is 1. The molecule has 1 aromatic heterocycles. The molecular formula is C26H32N2O2S. The monoisotopic (exact) mass is 436 g/mol. The number of hydrogen-bond donors (Lipinski definition) is 1. The van der Waals surface area contributed by atoms with Crippen LogP contribution in [0.1, 0.15) is 43.2 Å². The van der Waals surface area contributed by atoms with Gasteiger partial charge in [0.05, 0.1) is 19.1 Å². The Labute approximate surface area is 189 Å². The highest BCUT2D eigenvalue weighted by Crippen LogP contribution is 2.41. The Hall–Kier alpha value is -2.53. The lowest BCUT2D eigenvalue weighted by molar-refractivity contribution is 0.255. The van der Waals surface area contributed by atoms with Crippen LogP contribution in [0.25, 0.3) is 10.4 Å². The van der Waals surface area contributed by atoms with E-state index in [9.17, 15) is 0 Å². The van der Waals surface area contributed by atoms with Crippen LogP contribution in [-0.4, -0.2) is 25.7 Å². The smallest absolute Gasteiger partial charge is 0.273 e. The van der Waals surface area contributed by atoms with Gasteiger partial charge in [-0.15, -0.1) is 0 Å². The minimum Gasteiger partial charge on any atom is -0.496 e. The molecule has 3 aromatic rings. The minimum atomic E-state index is 0.644. The largest absolute Gasteiger partial charge is 0.496 e. The molecule has 0 bridgehead atoms. The molecule has 1 N–H and O–H groups in total. The van der Waals surface area contributed by atoms with E-state index < -0.39 is 0 Å². The first-order chi connectivity index (χ1) is 15.1. The molecule has 1 fully saturated rings. The molecule has 4 nitrogen and oxygen atoms in total. The lowest BCUT2D eigenvalue weighted by Crippen LogP contribution is -2.26. The highest BCUT2D eigenvalue weighted by Gasteiger charge is 2.28. The van der Waals surface area contributed by atoms with Crippen molar-refractivity contribution in [2.75, 3.05) is 26.1 Å². The summed E-state index contributed by atoms with van der Waals surface area (Å²) in [6, 6.07) is 15.3. The van der Waals surface area contributed by atoms with Crippen molar-refractivity contribution in [1.82, 2.24) is 4.98 Å². The third-order valence-corrected chi connectivity index (χ3v) is 7.53. The van der Waals surface area contributed by atoms with Gasteiger partial charge in [-0.05, 0) is 78.8 Å². The summed E-state index contributed by atoms with van der Waals surface area (Å²) in [6.07, 6.45) is 5.65. The molecule has 0 spiro atoms. The summed E-state index contributed by atoms with van der Waals surface area (Å²) in [7, 11) is 3.40. The summed E-state index contributed by atoms with van der Waals surface area (Å²) < 4.78 is 10.7. The third kappa shape index (κ3) is 5.04. The van der Waals surface area contributed by atoms with Crippen molar-refractivity contribution < 1.29 is 9.47 Å². The van der Waals surface area contributed by atoms with Crippen LogP contribution < -0.4 is 14.8 Å².